The molecule has 0 aromatic heterocycles. The molecule has 3 N–H and O–H groups in total. The summed E-state index contributed by atoms with van der Waals surface area (Å²) in [5.74, 6) is -0.369. The highest BCUT2D eigenvalue weighted by Gasteiger charge is 2.30. The van der Waals surface area contributed by atoms with Gasteiger partial charge in [-0.1, -0.05) is 24.3 Å². The number of nitrogens with one attached hydrogen (secondary N) is 1. The number of para-hydroxylation sites is 2. The molecule has 1 aromatic rings. The fourth-order valence-corrected chi connectivity index (χ4v) is 2.71. The Bertz CT molecular complexity index is 936. The Morgan fingerprint density at radius 3 is 2.84 bits per heavy atom. The minimum Gasteiger partial charge on any atom is -0.489 e. The summed E-state index contributed by atoms with van der Waals surface area (Å²) in [7, 11) is 1.62. The molecule has 164 valence electrons. The second-order valence-electron chi connectivity index (χ2n) is 6.73. The van der Waals surface area contributed by atoms with Gasteiger partial charge in [-0.2, -0.15) is 0 Å². The molecule has 0 saturated heterocycles. The molecule has 0 spiro atoms. The van der Waals surface area contributed by atoms with Crippen molar-refractivity contribution in [3.63, 3.8) is 0 Å². The van der Waals surface area contributed by atoms with Gasteiger partial charge < -0.3 is 25.6 Å². The number of likely N-dealkylation sites (N-methyl/N-ethyl adjacent to an activating group) is 1. The van der Waals surface area contributed by atoms with E-state index in [1.165, 1.54) is 15.9 Å². The van der Waals surface area contributed by atoms with Gasteiger partial charge in [-0.15, -0.1) is 0 Å². The van der Waals surface area contributed by atoms with Gasteiger partial charge in [0.25, 0.3) is 11.8 Å². The zero-order valence-corrected chi connectivity index (χ0v) is 17.8. The maximum atomic E-state index is 12.7. The van der Waals surface area contributed by atoms with Crippen LogP contribution in [0.4, 0.5) is 5.69 Å². The Kier molecular flexibility index (Phi) is 8.56. The molecule has 1 aromatic carbocycles. The summed E-state index contributed by atoms with van der Waals surface area (Å²) >= 11 is 0. The SMILES string of the molecule is C/C=C\C=C/N(C=O)CN=C(C)C=C(N)C(=O)N[C@H]1COc2ccccc2N(C)C1=O. The Morgan fingerprint density at radius 1 is 1.39 bits per heavy atom. The minimum absolute atomic E-state index is 0.0148. The maximum Gasteiger partial charge on any atom is 0.267 e. The van der Waals surface area contributed by atoms with E-state index in [4.69, 9.17) is 10.5 Å². The predicted molar refractivity (Wildman–Crippen MR) is 119 cm³/mol. The summed E-state index contributed by atoms with van der Waals surface area (Å²) in [5, 5.41) is 2.60. The lowest BCUT2D eigenvalue weighted by molar-refractivity contribution is -0.126. The third-order valence-corrected chi connectivity index (χ3v) is 4.39. The number of fused-ring (bicyclic) bond motifs is 1. The summed E-state index contributed by atoms with van der Waals surface area (Å²) in [4.78, 5) is 43.2. The van der Waals surface area contributed by atoms with Gasteiger partial charge in [0.15, 0.2) is 0 Å². The molecule has 1 aliphatic heterocycles. The second-order valence-corrected chi connectivity index (χ2v) is 6.73. The first-order valence-electron chi connectivity index (χ1n) is 9.66. The molecule has 1 aliphatic rings. The number of hydrogen-bond donors (Lipinski definition) is 2. The number of allylic oxidation sites excluding steroid dienone is 4. The highest BCUT2D eigenvalue weighted by atomic mass is 16.5. The van der Waals surface area contributed by atoms with Crippen molar-refractivity contribution in [1.29, 1.82) is 0 Å². The smallest absolute Gasteiger partial charge is 0.267 e. The first kappa shape index (κ1) is 23.4. The van der Waals surface area contributed by atoms with Gasteiger partial charge in [0, 0.05) is 19.0 Å². The number of hydrogen-bond acceptors (Lipinski definition) is 6. The van der Waals surface area contributed by atoms with Gasteiger partial charge in [0.2, 0.25) is 6.41 Å². The molecule has 0 aliphatic carbocycles. The summed E-state index contributed by atoms with van der Waals surface area (Å²) in [6.45, 7) is 3.58. The van der Waals surface area contributed by atoms with E-state index in [1.807, 2.05) is 13.0 Å². The average Bonchev–Trinajstić information content (AvgIpc) is 2.88. The van der Waals surface area contributed by atoms with Gasteiger partial charge >= 0.3 is 0 Å². The van der Waals surface area contributed by atoms with E-state index in [2.05, 4.69) is 10.3 Å². The molecule has 3 amide bonds. The van der Waals surface area contributed by atoms with Crippen molar-refractivity contribution >= 4 is 29.6 Å². The van der Waals surface area contributed by atoms with E-state index >= 15 is 0 Å². The van der Waals surface area contributed by atoms with Crippen LogP contribution in [0.2, 0.25) is 0 Å². The number of carbonyl (C=O) groups is 3. The first-order valence-corrected chi connectivity index (χ1v) is 9.66. The quantitative estimate of drug-likeness (QED) is 0.282. The van der Waals surface area contributed by atoms with Crippen molar-refractivity contribution in [2.75, 3.05) is 25.2 Å². The molecule has 9 nitrogen and oxygen atoms in total. The minimum atomic E-state index is -0.892. The lowest BCUT2D eigenvalue weighted by Crippen LogP contribution is -2.50. The summed E-state index contributed by atoms with van der Waals surface area (Å²) in [6.07, 6.45) is 8.92. The summed E-state index contributed by atoms with van der Waals surface area (Å²) in [6, 6.07) is 6.24. The Hall–Kier alpha value is -3.88. The normalized spacial score (nSPS) is 17.3. The van der Waals surface area contributed by atoms with E-state index in [0.717, 1.165) is 0 Å². The molecule has 1 heterocycles. The number of benzene rings is 1. The largest absolute Gasteiger partial charge is 0.489 e. The molecule has 0 radical (unpaired) electrons. The van der Waals surface area contributed by atoms with Crippen LogP contribution < -0.4 is 20.7 Å². The Labute approximate surface area is 181 Å². The van der Waals surface area contributed by atoms with Gasteiger partial charge in [0.05, 0.1) is 11.4 Å². The van der Waals surface area contributed by atoms with Crippen LogP contribution in [0.5, 0.6) is 5.75 Å². The van der Waals surface area contributed by atoms with Crippen LogP contribution in [0.15, 0.2) is 65.5 Å². The number of rotatable bonds is 8. The van der Waals surface area contributed by atoms with Crippen molar-refractivity contribution < 1.29 is 19.1 Å². The van der Waals surface area contributed by atoms with Gasteiger partial charge in [-0.25, -0.2) is 0 Å². The van der Waals surface area contributed by atoms with Gasteiger partial charge in [0.1, 0.15) is 25.1 Å². The number of aliphatic imine (C=N–C) groups is 1. The Balaban J connectivity index is 2.01. The molecule has 2 rings (SSSR count). The first-order chi connectivity index (χ1) is 14.9. The predicted octanol–water partition coefficient (Wildman–Crippen LogP) is 1.34. The van der Waals surface area contributed by atoms with Crippen molar-refractivity contribution in [2.24, 2.45) is 10.7 Å². The van der Waals surface area contributed by atoms with E-state index < -0.39 is 11.9 Å². The van der Waals surface area contributed by atoms with Crippen LogP contribution >= 0.6 is 0 Å². The molecular weight excluding hydrogens is 398 g/mol. The number of anilines is 1. The average molecular weight is 425 g/mol. The van der Waals surface area contributed by atoms with Crippen LogP contribution in [0.25, 0.3) is 0 Å². The fraction of sp³-hybridized carbons (Fsp3) is 0.273. The number of amides is 3. The van der Waals surface area contributed by atoms with Crippen LogP contribution in [-0.4, -0.2) is 55.2 Å². The van der Waals surface area contributed by atoms with Crippen LogP contribution in [0, 0.1) is 0 Å². The number of carbonyl (C=O) groups excluding carboxylic acids is 3. The third kappa shape index (κ3) is 6.56. The highest BCUT2D eigenvalue weighted by Crippen LogP contribution is 2.29. The lowest BCUT2D eigenvalue weighted by Gasteiger charge is -2.20. The number of nitrogens with two attached hydrogens (primary N) is 1. The van der Waals surface area contributed by atoms with E-state index in [1.54, 1.807) is 56.6 Å². The monoisotopic (exact) mass is 425 g/mol. The second kappa shape index (κ2) is 11.3. The molecule has 0 fully saturated rings. The number of ether oxygens (including phenoxy) is 1. The zero-order chi connectivity index (χ0) is 22.8. The van der Waals surface area contributed by atoms with Crippen LogP contribution in [0.1, 0.15) is 13.8 Å². The summed E-state index contributed by atoms with van der Waals surface area (Å²) in [5.41, 5.74) is 6.84. The van der Waals surface area contributed by atoms with Crippen molar-refractivity contribution in [3.05, 3.63) is 60.5 Å². The van der Waals surface area contributed by atoms with E-state index in [9.17, 15) is 14.4 Å². The molecule has 9 heteroatoms. The molecular formula is C22H27N5O4. The lowest BCUT2D eigenvalue weighted by atomic mass is 10.2. The van der Waals surface area contributed by atoms with Crippen LogP contribution in [0.3, 0.4) is 0 Å². The fourth-order valence-electron chi connectivity index (χ4n) is 2.71. The standard InChI is InChI=1S/C22H27N5O4/c1-4-5-8-11-27(15-28)14-24-16(2)12-17(23)21(29)25-18-13-31-20-10-7-6-9-19(20)26(3)22(18)30/h4-12,15,18H,13-14,23H2,1-3H3,(H,25,29)/b5-4-,11-8-,17-12?,24-16?/t18-/m0/s1. The molecule has 0 saturated carbocycles. The summed E-state index contributed by atoms with van der Waals surface area (Å²) < 4.78 is 5.67. The van der Waals surface area contributed by atoms with Crippen LogP contribution in [-0.2, 0) is 14.4 Å². The van der Waals surface area contributed by atoms with E-state index in [0.29, 0.717) is 23.6 Å². The van der Waals surface area contributed by atoms with Gasteiger partial charge in [-0.3, -0.25) is 19.4 Å². The van der Waals surface area contributed by atoms with Crippen molar-refractivity contribution in [3.8, 4) is 5.75 Å². The van der Waals surface area contributed by atoms with Gasteiger partial charge in [-0.05, 0) is 38.1 Å². The van der Waals surface area contributed by atoms with Crippen molar-refractivity contribution in [2.45, 2.75) is 19.9 Å². The molecule has 31 heavy (non-hydrogen) atoms. The van der Waals surface area contributed by atoms with Crippen molar-refractivity contribution in [1.82, 2.24) is 10.2 Å². The third-order valence-electron chi connectivity index (χ3n) is 4.39. The highest BCUT2D eigenvalue weighted by molar-refractivity contribution is 6.05. The number of nitrogens with zero attached hydrogens (tertiary/aromatic N) is 3. The Morgan fingerprint density at radius 2 is 2.13 bits per heavy atom. The molecule has 0 unspecified atom stereocenters. The van der Waals surface area contributed by atoms with E-state index in [-0.39, 0.29) is 24.9 Å². The zero-order valence-electron chi connectivity index (χ0n) is 17.8. The maximum absolute atomic E-state index is 12.7. The molecule has 1 atom stereocenters. The molecule has 0 bridgehead atoms. The topological polar surface area (TPSA) is 117 Å².